The van der Waals surface area contributed by atoms with Gasteiger partial charge in [-0.3, -0.25) is 14.5 Å². The van der Waals surface area contributed by atoms with Gasteiger partial charge in [-0.05, 0) is 77.8 Å². The van der Waals surface area contributed by atoms with Crippen molar-refractivity contribution >= 4 is 23.5 Å². The molecule has 6 nitrogen and oxygen atoms in total. The number of hydrogen-bond donors (Lipinski definition) is 1. The Morgan fingerprint density at radius 2 is 1.77 bits per heavy atom. The zero-order chi connectivity index (χ0) is 29.9. The number of aromatic hydroxyl groups is 1. The highest BCUT2D eigenvalue weighted by Gasteiger charge is 2.56. The first-order valence-corrected chi connectivity index (χ1v) is 15.1. The Balaban J connectivity index is 1.30. The van der Waals surface area contributed by atoms with E-state index in [9.17, 15) is 19.1 Å². The Hall–Kier alpha value is -4.23. The summed E-state index contributed by atoms with van der Waals surface area (Å²) in [5.41, 5.74) is 4.82. The first kappa shape index (κ1) is 28.9. The van der Waals surface area contributed by atoms with Crippen LogP contribution >= 0.6 is 0 Å². The van der Waals surface area contributed by atoms with Crippen LogP contribution in [0.4, 0.5) is 4.39 Å². The number of allylic oxidation sites excluding steroid dienone is 1. The Kier molecular flexibility index (Phi) is 8.43. The number of halogens is 1. The monoisotopic (exact) mass is 581 g/mol. The smallest absolute Gasteiger partial charge is 0.233 e. The van der Waals surface area contributed by atoms with Gasteiger partial charge in [-0.15, -0.1) is 0 Å². The van der Waals surface area contributed by atoms with Crippen LogP contribution in [0.5, 0.6) is 11.5 Å². The number of rotatable bonds is 10. The number of hydrogen-bond acceptors (Lipinski definition) is 5. The molecule has 2 heterocycles. The van der Waals surface area contributed by atoms with Crippen molar-refractivity contribution in [1.29, 1.82) is 0 Å². The molecule has 0 aromatic heterocycles. The molecule has 1 aliphatic carbocycles. The summed E-state index contributed by atoms with van der Waals surface area (Å²) in [5, 5.41) is 9.66. The van der Waals surface area contributed by atoms with Crippen molar-refractivity contribution in [3.8, 4) is 11.5 Å². The number of fused-ring (bicyclic) bond motifs is 3. The van der Waals surface area contributed by atoms with E-state index in [4.69, 9.17) is 9.47 Å². The highest BCUT2D eigenvalue weighted by molar-refractivity contribution is 6.06. The molecule has 2 amide bonds. The Labute approximate surface area is 251 Å². The Bertz CT molecular complexity index is 1550. The van der Waals surface area contributed by atoms with E-state index >= 15 is 0 Å². The molecule has 0 unspecified atom stereocenters. The van der Waals surface area contributed by atoms with Gasteiger partial charge in [0.25, 0.3) is 0 Å². The van der Waals surface area contributed by atoms with Crippen LogP contribution in [0.1, 0.15) is 43.7 Å². The summed E-state index contributed by atoms with van der Waals surface area (Å²) in [6, 6.07) is 23.9. The number of ether oxygens (including phenoxy) is 2. The first-order valence-electron chi connectivity index (χ1n) is 15.1. The van der Waals surface area contributed by atoms with E-state index in [1.54, 1.807) is 6.07 Å². The lowest BCUT2D eigenvalue weighted by molar-refractivity contribution is -0.140. The zero-order valence-corrected chi connectivity index (χ0v) is 24.2. The number of para-hydroxylation sites is 1. The van der Waals surface area contributed by atoms with Crippen LogP contribution in [-0.2, 0) is 14.3 Å². The first-order chi connectivity index (χ1) is 20.9. The van der Waals surface area contributed by atoms with Gasteiger partial charge < -0.3 is 14.6 Å². The molecule has 3 aromatic carbocycles. The minimum atomic E-state index is -0.666. The molecule has 7 heteroatoms. The van der Waals surface area contributed by atoms with Gasteiger partial charge in [0.1, 0.15) is 12.4 Å². The highest BCUT2D eigenvalue weighted by atomic mass is 19.1. The summed E-state index contributed by atoms with van der Waals surface area (Å²) in [6.07, 6.45) is 4.22. The third kappa shape index (κ3) is 5.87. The summed E-state index contributed by atoms with van der Waals surface area (Å²) < 4.78 is 26.8. The molecule has 2 fully saturated rings. The summed E-state index contributed by atoms with van der Waals surface area (Å²) in [7, 11) is 0. The molecule has 0 radical (unpaired) electrons. The quantitative estimate of drug-likeness (QED) is 0.165. The fourth-order valence-corrected chi connectivity index (χ4v) is 6.85. The highest BCUT2D eigenvalue weighted by Crippen LogP contribution is 2.50. The molecule has 0 bridgehead atoms. The lowest BCUT2D eigenvalue weighted by atomic mass is 9.69. The van der Waals surface area contributed by atoms with Crippen molar-refractivity contribution in [3.05, 3.63) is 107 Å². The predicted molar refractivity (Wildman–Crippen MR) is 162 cm³/mol. The molecular formula is C36H36FNO5. The van der Waals surface area contributed by atoms with E-state index in [1.807, 2.05) is 73.7 Å². The molecular weight excluding hydrogens is 545 g/mol. The molecule has 222 valence electrons. The number of carbonyl (C=O) groups excluding carboxylic acids is 2. The molecule has 3 aromatic rings. The maximum atomic E-state index is 14.2. The Morgan fingerprint density at radius 1 is 1.02 bits per heavy atom. The number of likely N-dealkylation sites (tertiary alicyclic amines) is 1. The molecule has 0 saturated carbocycles. The van der Waals surface area contributed by atoms with Crippen LogP contribution in [0.2, 0.25) is 0 Å². The summed E-state index contributed by atoms with van der Waals surface area (Å²) in [5.74, 6) is -1.39. The van der Waals surface area contributed by atoms with Crippen molar-refractivity contribution in [2.45, 2.75) is 38.7 Å². The van der Waals surface area contributed by atoms with Crippen LogP contribution in [0.15, 0.2) is 90.0 Å². The fraction of sp³-hybridized carbons (Fsp3) is 0.333. The van der Waals surface area contributed by atoms with Crippen molar-refractivity contribution in [2.24, 2.45) is 17.8 Å². The lowest BCUT2D eigenvalue weighted by Gasteiger charge is -2.32. The summed E-state index contributed by atoms with van der Waals surface area (Å²) in [4.78, 5) is 28.3. The van der Waals surface area contributed by atoms with E-state index in [0.29, 0.717) is 44.6 Å². The number of benzene rings is 3. The van der Waals surface area contributed by atoms with Gasteiger partial charge in [-0.2, -0.15) is 0 Å². The molecule has 0 spiro atoms. The van der Waals surface area contributed by atoms with E-state index in [0.717, 1.165) is 34.5 Å². The average molecular weight is 582 g/mol. The maximum absolute atomic E-state index is 14.2. The summed E-state index contributed by atoms with van der Waals surface area (Å²) >= 11 is 0. The number of carbonyl (C=O) groups is 2. The molecule has 2 saturated heterocycles. The molecule has 1 N–H and O–H groups in total. The molecule has 2 aliphatic heterocycles. The lowest BCUT2D eigenvalue weighted by Crippen LogP contribution is -2.35. The van der Waals surface area contributed by atoms with Gasteiger partial charge >= 0.3 is 0 Å². The average Bonchev–Trinajstić information content (AvgIpc) is 3.55. The van der Waals surface area contributed by atoms with Crippen molar-refractivity contribution in [1.82, 2.24) is 4.90 Å². The number of nitrogens with zero attached hydrogens (tertiary/aromatic N) is 1. The largest absolute Gasteiger partial charge is 0.505 e. The van der Waals surface area contributed by atoms with Crippen molar-refractivity contribution in [2.75, 3.05) is 19.8 Å². The second-order valence-electron chi connectivity index (χ2n) is 11.5. The molecule has 4 atom stereocenters. The van der Waals surface area contributed by atoms with Crippen molar-refractivity contribution < 1.29 is 28.6 Å². The number of phenols is 1. The van der Waals surface area contributed by atoms with Gasteiger partial charge in [0.2, 0.25) is 11.8 Å². The van der Waals surface area contributed by atoms with Gasteiger partial charge in [-0.25, -0.2) is 4.39 Å². The summed E-state index contributed by atoms with van der Waals surface area (Å²) in [6.45, 7) is 3.14. The number of imide groups is 1. The fourth-order valence-electron chi connectivity index (χ4n) is 6.85. The van der Waals surface area contributed by atoms with E-state index in [1.165, 1.54) is 17.0 Å². The van der Waals surface area contributed by atoms with E-state index in [2.05, 4.69) is 0 Å². The van der Waals surface area contributed by atoms with Gasteiger partial charge in [0.15, 0.2) is 11.6 Å². The second kappa shape index (κ2) is 12.6. The number of phenolic OH excluding ortho intramolecular Hbond substituents is 1. The third-order valence-corrected chi connectivity index (χ3v) is 8.84. The topological polar surface area (TPSA) is 76.1 Å². The van der Waals surface area contributed by atoms with Crippen LogP contribution in [0.25, 0.3) is 11.6 Å². The second-order valence-corrected chi connectivity index (χ2v) is 11.5. The Morgan fingerprint density at radius 3 is 2.49 bits per heavy atom. The predicted octanol–water partition coefficient (Wildman–Crippen LogP) is 6.66. The van der Waals surface area contributed by atoms with E-state index in [-0.39, 0.29) is 35.5 Å². The van der Waals surface area contributed by atoms with Gasteiger partial charge in [-0.1, -0.05) is 67.6 Å². The molecule has 3 aliphatic rings. The standard InChI is InChI=1S/C36H36FNO5/c1-2-17-38-35(40)28-20-26(21-42-27-11-7-4-8-12-27)33-29(34(28)36(38)41)22-43-32(33)16-14-25(24-9-5-3-6-10-24)18-23-13-15-31(39)30(37)19-23/h3-13,15,18-19,28-29,32,34,39H,2,14,16-17,20-22H2,1H3/b25-18-/t28-,29+,32-,34-/m1/s1. The van der Waals surface area contributed by atoms with Crippen molar-refractivity contribution in [3.63, 3.8) is 0 Å². The van der Waals surface area contributed by atoms with Gasteiger partial charge in [0, 0.05) is 12.5 Å². The van der Waals surface area contributed by atoms with E-state index < -0.39 is 11.7 Å². The maximum Gasteiger partial charge on any atom is 0.233 e. The minimum absolute atomic E-state index is 0.0769. The normalized spacial score (nSPS) is 23.5. The number of amides is 2. The van der Waals surface area contributed by atoms with Crippen LogP contribution < -0.4 is 4.74 Å². The zero-order valence-electron chi connectivity index (χ0n) is 24.2. The van der Waals surface area contributed by atoms with Crippen LogP contribution in [0.3, 0.4) is 0 Å². The minimum Gasteiger partial charge on any atom is -0.505 e. The van der Waals surface area contributed by atoms with Crippen LogP contribution in [-0.4, -0.2) is 47.7 Å². The SMILES string of the molecule is CCCN1C(=O)[C@@H]2[C@@H](CC(COc3ccccc3)=C3[C@@H](CC/C(=C/c4ccc(O)c(F)c4)c4ccccc4)OC[C@@H]32)C1=O. The molecule has 6 rings (SSSR count). The van der Waals surface area contributed by atoms with Crippen LogP contribution in [0, 0.1) is 23.6 Å². The molecule has 43 heavy (non-hydrogen) atoms. The third-order valence-electron chi connectivity index (χ3n) is 8.84. The van der Waals surface area contributed by atoms with Gasteiger partial charge in [0.05, 0.1) is 24.5 Å².